The molecule has 6 heteroatoms. The third kappa shape index (κ3) is 1.89. The summed E-state index contributed by atoms with van der Waals surface area (Å²) in [5.41, 5.74) is 3.47. The first-order valence-corrected chi connectivity index (χ1v) is 5.49. The Morgan fingerprint density at radius 1 is 1.29 bits per heavy atom. The lowest BCUT2D eigenvalue weighted by molar-refractivity contribution is 0.101. The zero-order chi connectivity index (χ0) is 11.7. The average Bonchev–Trinajstić information content (AvgIpc) is 2.99. The number of tetrazole rings is 1. The van der Waals surface area contributed by atoms with Gasteiger partial charge in [0.1, 0.15) is 0 Å². The number of aromatic amines is 1. The Labute approximate surface area is 97.4 Å². The first kappa shape index (κ1) is 9.95. The predicted octanol–water partition coefficient (Wildman–Crippen LogP) is 0.941. The molecule has 0 saturated carbocycles. The minimum Gasteiger partial charge on any atom is -0.319 e. The van der Waals surface area contributed by atoms with Crippen LogP contribution < -0.4 is 5.32 Å². The van der Waals surface area contributed by atoms with E-state index in [2.05, 4.69) is 32.0 Å². The first-order chi connectivity index (χ1) is 8.33. The summed E-state index contributed by atoms with van der Waals surface area (Å²) < 4.78 is 0. The first-order valence-electron chi connectivity index (χ1n) is 5.49. The molecule has 1 aromatic carbocycles. The van der Waals surface area contributed by atoms with Crippen LogP contribution >= 0.6 is 0 Å². The highest BCUT2D eigenvalue weighted by Gasteiger charge is 2.14. The Hall–Kier alpha value is -2.24. The number of H-pyrrole nitrogens is 1. The van der Waals surface area contributed by atoms with Crippen LogP contribution in [-0.2, 0) is 12.8 Å². The average molecular weight is 229 g/mol. The molecule has 2 N–H and O–H groups in total. The molecule has 2 aromatic rings. The van der Waals surface area contributed by atoms with Crippen molar-refractivity contribution in [3.8, 4) is 0 Å². The summed E-state index contributed by atoms with van der Waals surface area (Å²) >= 11 is 0. The predicted molar refractivity (Wildman–Crippen MR) is 60.6 cm³/mol. The van der Waals surface area contributed by atoms with Gasteiger partial charge in [-0.2, -0.15) is 5.21 Å². The number of hydrogen-bond donors (Lipinski definition) is 2. The van der Waals surface area contributed by atoms with Crippen LogP contribution in [0.25, 0.3) is 0 Å². The third-order valence-electron chi connectivity index (χ3n) is 2.90. The molecule has 0 atom stereocenters. The normalized spacial score (nSPS) is 13.4. The number of amides is 1. The van der Waals surface area contributed by atoms with E-state index in [9.17, 15) is 4.79 Å². The number of nitrogens with zero attached hydrogens (tertiary/aromatic N) is 3. The molecule has 17 heavy (non-hydrogen) atoms. The van der Waals surface area contributed by atoms with Gasteiger partial charge < -0.3 is 5.32 Å². The van der Waals surface area contributed by atoms with E-state index in [1.807, 2.05) is 12.1 Å². The molecule has 86 valence electrons. The van der Waals surface area contributed by atoms with Crippen LogP contribution in [0.1, 0.15) is 28.2 Å². The molecule has 1 aliphatic carbocycles. The Balaban J connectivity index is 1.80. The number of anilines is 1. The maximum atomic E-state index is 11.7. The molecule has 1 aromatic heterocycles. The van der Waals surface area contributed by atoms with E-state index in [-0.39, 0.29) is 11.7 Å². The van der Waals surface area contributed by atoms with Crippen molar-refractivity contribution in [3.05, 3.63) is 35.2 Å². The van der Waals surface area contributed by atoms with Crippen LogP contribution in [0.3, 0.4) is 0 Å². The number of hydrogen-bond acceptors (Lipinski definition) is 4. The van der Waals surface area contributed by atoms with Crippen molar-refractivity contribution in [2.24, 2.45) is 0 Å². The Morgan fingerprint density at radius 2 is 2.18 bits per heavy atom. The Bertz CT molecular complexity index is 549. The number of carbonyl (C=O) groups excluding carboxylic acids is 1. The highest BCUT2D eigenvalue weighted by molar-refractivity contribution is 6.01. The van der Waals surface area contributed by atoms with E-state index in [0.717, 1.165) is 18.5 Å². The zero-order valence-electron chi connectivity index (χ0n) is 9.10. The second-order valence-corrected chi connectivity index (χ2v) is 4.03. The van der Waals surface area contributed by atoms with E-state index in [4.69, 9.17) is 0 Å². The standard InChI is InChI=1S/C11H11N5O/c17-11(10-13-15-16-14-10)12-9-5-4-7-2-1-3-8(7)6-9/h4-6H,1-3H2,(H,12,17)(H,13,14,15,16). The third-order valence-corrected chi connectivity index (χ3v) is 2.90. The van der Waals surface area contributed by atoms with Crippen LogP contribution in [0.4, 0.5) is 5.69 Å². The fourth-order valence-electron chi connectivity index (χ4n) is 2.09. The maximum absolute atomic E-state index is 11.7. The largest absolute Gasteiger partial charge is 0.319 e. The summed E-state index contributed by atoms with van der Waals surface area (Å²) in [6, 6.07) is 5.98. The van der Waals surface area contributed by atoms with Crippen molar-refractivity contribution in [2.75, 3.05) is 5.32 Å². The van der Waals surface area contributed by atoms with Gasteiger partial charge in [-0.1, -0.05) is 6.07 Å². The lowest BCUT2D eigenvalue weighted by Gasteiger charge is -2.05. The molecule has 6 nitrogen and oxygen atoms in total. The quantitative estimate of drug-likeness (QED) is 0.802. The molecule has 0 spiro atoms. The van der Waals surface area contributed by atoms with Crippen molar-refractivity contribution < 1.29 is 4.79 Å². The van der Waals surface area contributed by atoms with Crippen LogP contribution in [-0.4, -0.2) is 26.5 Å². The fourth-order valence-corrected chi connectivity index (χ4v) is 2.09. The number of benzene rings is 1. The lowest BCUT2D eigenvalue weighted by Crippen LogP contribution is -2.14. The van der Waals surface area contributed by atoms with Gasteiger partial charge in [0.05, 0.1) is 0 Å². The molecule has 0 aliphatic heterocycles. The molecular formula is C11H11N5O. The number of rotatable bonds is 2. The molecule has 1 amide bonds. The second kappa shape index (κ2) is 3.97. The van der Waals surface area contributed by atoms with Gasteiger partial charge in [0.25, 0.3) is 11.7 Å². The van der Waals surface area contributed by atoms with Gasteiger partial charge in [0.2, 0.25) is 0 Å². The van der Waals surface area contributed by atoms with Crippen LogP contribution in [0.15, 0.2) is 18.2 Å². The van der Waals surface area contributed by atoms with Gasteiger partial charge in [0.15, 0.2) is 0 Å². The van der Waals surface area contributed by atoms with Crippen LogP contribution in [0.2, 0.25) is 0 Å². The number of carbonyl (C=O) groups is 1. The number of nitrogens with one attached hydrogen (secondary N) is 2. The molecule has 0 fully saturated rings. The van der Waals surface area contributed by atoms with Crippen molar-refractivity contribution >= 4 is 11.6 Å². The van der Waals surface area contributed by atoms with E-state index in [0.29, 0.717) is 0 Å². The molecule has 1 aliphatic rings. The summed E-state index contributed by atoms with van der Waals surface area (Å²) in [7, 11) is 0. The van der Waals surface area contributed by atoms with Crippen LogP contribution in [0.5, 0.6) is 0 Å². The number of aromatic nitrogens is 4. The summed E-state index contributed by atoms with van der Waals surface area (Å²) in [5, 5.41) is 15.6. The van der Waals surface area contributed by atoms with Crippen LogP contribution in [0, 0.1) is 0 Å². The smallest absolute Gasteiger partial charge is 0.297 e. The molecular weight excluding hydrogens is 218 g/mol. The van der Waals surface area contributed by atoms with Gasteiger partial charge >= 0.3 is 0 Å². The molecule has 0 radical (unpaired) electrons. The minimum absolute atomic E-state index is 0.0468. The molecule has 0 saturated heterocycles. The topological polar surface area (TPSA) is 83.6 Å². The maximum Gasteiger partial charge on any atom is 0.297 e. The molecule has 1 heterocycles. The van der Waals surface area contributed by atoms with Gasteiger partial charge in [-0.05, 0) is 47.7 Å². The summed E-state index contributed by atoms with van der Waals surface area (Å²) in [6.07, 6.45) is 3.41. The second-order valence-electron chi connectivity index (χ2n) is 4.03. The molecule has 0 bridgehead atoms. The van der Waals surface area contributed by atoms with Gasteiger partial charge in [0, 0.05) is 5.69 Å². The highest BCUT2D eigenvalue weighted by Crippen LogP contribution is 2.24. The van der Waals surface area contributed by atoms with Gasteiger partial charge in [-0.3, -0.25) is 4.79 Å². The SMILES string of the molecule is O=C(Nc1ccc2c(c1)CCC2)c1nn[nH]n1. The lowest BCUT2D eigenvalue weighted by atomic mass is 10.1. The monoisotopic (exact) mass is 229 g/mol. The van der Waals surface area contributed by atoms with Gasteiger partial charge in [-0.15, -0.1) is 10.2 Å². The number of aryl methyl sites for hydroxylation is 2. The minimum atomic E-state index is -0.350. The van der Waals surface area contributed by atoms with Crippen molar-refractivity contribution in [1.82, 2.24) is 20.6 Å². The van der Waals surface area contributed by atoms with Gasteiger partial charge in [-0.25, -0.2) is 0 Å². The Morgan fingerprint density at radius 3 is 3.00 bits per heavy atom. The fraction of sp³-hybridized carbons (Fsp3) is 0.273. The number of fused-ring (bicyclic) bond motifs is 1. The van der Waals surface area contributed by atoms with E-state index >= 15 is 0 Å². The van der Waals surface area contributed by atoms with E-state index in [1.165, 1.54) is 17.5 Å². The van der Waals surface area contributed by atoms with E-state index in [1.54, 1.807) is 0 Å². The van der Waals surface area contributed by atoms with Crippen molar-refractivity contribution in [3.63, 3.8) is 0 Å². The van der Waals surface area contributed by atoms with E-state index < -0.39 is 0 Å². The molecule has 0 unspecified atom stereocenters. The van der Waals surface area contributed by atoms with Crippen molar-refractivity contribution in [2.45, 2.75) is 19.3 Å². The Kier molecular flexibility index (Phi) is 2.32. The highest BCUT2D eigenvalue weighted by atomic mass is 16.2. The summed E-state index contributed by atoms with van der Waals surface area (Å²) in [5.74, 6) is -0.304. The molecule has 3 rings (SSSR count). The zero-order valence-corrected chi connectivity index (χ0v) is 9.10. The summed E-state index contributed by atoms with van der Waals surface area (Å²) in [4.78, 5) is 11.7. The van der Waals surface area contributed by atoms with Crippen molar-refractivity contribution in [1.29, 1.82) is 0 Å². The summed E-state index contributed by atoms with van der Waals surface area (Å²) in [6.45, 7) is 0.